The minimum Gasteiger partial charge on any atom is -0.430 e. The molecule has 3 heterocycles. The molecular weight excluding hydrogens is 633 g/mol. The molecule has 12 nitrogen and oxygen atoms in total. The zero-order valence-electron chi connectivity index (χ0n) is 27.2. The highest BCUT2D eigenvalue weighted by molar-refractivity contribution is 6.05. The number of non-ortho nitro benzene ring substituents is 1. The number of alkyl halides is 3. The summed E-state index contributed by atoms with van der Waals surface area (Å²) in [6, 6.07) is 9.71. The van der Waals surface area contributed by atoms with Gasteiger partial charge in [-0.05, 0) is 34.9 Å². The summed E-state index contributed by atoms with van der Waals surface area (Å²) in [5.41, 5.74) is 1.13. The second kappa shape index (κ2) is 12.9. The Morgan fingerprint density at radius 3 is 2.29 bits per heavy atom. The molecule has 0 radical (unpaired) electrons. The zero-order chi connectivity index (χ0) is 35.1. The smallest absolute Gasteiger partial charge is 0.430 e. The first kappa shape index (κ1) is 34.4. The second-order valence-corrected chi connectivity index (χ2v) is 13.3. The van der Waals surface area contributed by atoms with Crippen LogP contribution in [-0.2, 0) is 32.8 Å². The Balaban J connectivity index is 1.66. The van der Waals surface area contributed by atoms with Crippen LogP contribution < -0.4 is 4.90 Å². The van der Waals surface area contributed by atoms with Gasteiger partial charge in [-0.15, -0.1) is 0 Å². The van der Waals surface area contributed by atoms with E-state index in [1.165, 1.54) is 12.1 Å². The highest BCUT2D eigenvalue weighted by Gasteiger charge is 2.58. The quantitative estimate of drug-likeness (QED) is 0.171. The molecule has 48 heavy (non-hydrogen) atoms. The molecule has 1 aromatic heterocycles. The molecule has 3 atom stereocenters. The van der Waals surface area contributed by atoms with Crippen LogP contribution in [0.25, 0.3) is 0 Å². The van der Waals surface area contributed by atoms with E-state index in [-0.39, 0.29) is 35.4 Å². The number of benzene rings is 2. The summed E-state index contributed by atoms with van der Waals surface area (Å²) in [5.74, 6) is -4.57. The van der Waals surface area contributed by atoms with Crippen LogP contribution in [-0.4, -0.2) is 73.2 Å². The Morgan fingerprint density at radius 2 is 1.73 bits per heavy atom. The lowest BCUT2D eigenvalue weighted by Crippen LogP contribution is -2.75. The summed E-state index contributed by atoms with van der Waals surface area (Å²) in [6.07, 6.45) is -3.36. The lowest BCUT2D eigenvalue weighted by Gasteiger charge is -2.56. The summed E-state index contributed by atoms with van der Waals surface area (Å²) in [7, 11) is 0. The summed E-state index contributed by atoms with van der Waals surface area (Å²) in [5, 5.41) is 11.7. The number of carbonyl (C=O) groups is 3. The Bertz CT molecular complexity index is 1690. The Labute approximate surface area is 275 Å². The minimum atomic E-state index is -5.40. The van der Waals surface area contributed by atoms with Crippen LogP contribution in [0.3, 0.4) is 0 Å². The third-order valence-electron chi connectivity index (χ3n) is 8.61. The fraction of sp³-hybridized carbons (Fsp3) is 0.455. The van der Waals surface area contributed by atoms with Gasteiger partial charge in [0.05, 0.1) is 22.5 Å². The van der Waals surface area contributed by atoms with Crippen LogP contribution in [0.1, 0.15) is 62.5 Å². The number of nitro groups is 1. The number of aromatic nitrogens is 2. The van der Waals surface area contributed by atoms with E-state index in [1.54, 1.807) is 54.2 Å². The molecule has 2 aliphatic rings. The zero-order valence-corrected chi connectivity index (χ0v) is 27.2. The fourth-order valence-corrected chi connectivity index (χ4v) is 6.25. The van der Waals surface area contributed by atoms with Gasteiger partial charge in [0.2, 0.25) is 12.1 Å². The molecule has 0 N–H and O–H groups in total. The van der Waals surface area contributed by atoms with E-state index >= 15 is 0 Å². The highest BCUT2D eigenvalue weighted by Crippen LogP contribution is 2.42. The molecule has 15 heteroatoms. The van der Waals surface area contributed by atoms with E-state index in [9.17, 15) is 37.7 Å². The van der Waals surface area contributed by atoms with Gasteiger partial charge in [0, 0.05) is 44.2 Å². The minimum absolute atomic E-state index is 0.0892. The number of amides is 2. The summed E-state index contributed by atoms with van der Waals surface area (Å²) >= 11 is 0. The predicted octanol–water partition coefficient (Wildman–Crippen LogP) is 5.27. The molecule has 0 saturated carbocycles. The number of carbonyl (C=O) groups excluding carboxylic acids is 3. The molecule has 5 rings (SSSR count). The lowest BCUT2D eigenvalue weighted by atomic mass is 9.86. The largest absolute Gasteiger partial charge is 0.491 e. The Kier molecular flexibility index (Phi) is 9.26. The van der Waals surface area contributed by atoms with Crippen molar-refractivity contribution < 1.29 is 37.2 Å². The SMILES string of the molecule is CC(C)[C@H]1C(=O)N(Cc2ccc(C(C)(C)C)cc2)C(OC(=O)C(F)(F)F)C2N(CCCn3ccnc3)c3ccc([N+](=O)[O-])cc3C(=O)N21. The Hall–Kier alpha value is -4.95. The van der Waals surface area contributed by atoms with Crippen LogP contribution in [0.15, 0.2) is 61.2 Å². The molecule has 3 aromatic rings. The van der Waals surface area contributed by atoms with Crippen LogP contribution in [0, 0.1) is 16.0 Å². The number of piperazine rings is 1. The first-order valence-corrected chi connectivity index (χ1v) is 15.5. The number of nitro benzene ring substituents is 1. The van der Waals surface area contributed by atoms with Crippen molar-refractivity contribution in [1.29, 1.82) is 0 Å². The molecule has 1 saturated heterocycles. The third-order valence-corrected chi connectivity index (χ3v) is 8.61. The van der Waals surface area contributed by atoms with Crippen molar-refractivity contribution in [1.82, 2.24) is 19.4 Å². The van der Waals surface area contributed by atoms with E-state index in [0.29, 0.717) is 18.5 Å². The van der Waals surface area contributed by atoms with Crippen molar-refractivity contribution in [3.05, 3.63) is 88.0 Å². The third kappa shape index (κ3) is 6.71. The van der Waals surface area contributed by atoms with E-state index in [2.05, 4.69) is 4.98 Å². The summed E-state index contributed by atoms with van der Waals surface area (Å²) in [4.78, 5) is 59.9. The van der Waals surface area contributed by atoms with Crippen molar-refractivity contribution in [3.8, 4) is 0 Å². The Morgan fingerprint density at radius 1 is 1.04 bits per heavy atom. The normalized spacial score (nSPS) is 19.8. The first-order valence-electron chi connectivity index (χ1n) is 15.5. The van der Waals surface area contributed by atoms with Gasteiger partial charge in [-0.2, -0.15) is 13.2 Å². The van der Waals surface area contributed by atoms with E-state index in [4.69, 9.17) is 4.74 Å². The van der Waals surface area contributed by atoms with Crippen molar-refractivity contribution in [2.75, 3.05) is 11.4 Å². The monoisotopic (exact) mass is 670 g/mol. The second-order valence-electron chi connectivity index (χ2n) is 13.3. The number of fused-ring (bicyclic) bond motifs is 2. The molecule has 256 valence electrons. The van der Waals surface area contributed by atoms with Crippen molar-refractivity contribution in [3.63, 3.8) is 0 Å². The van der Waals surface area contributed by atoms with E-state index in [1.807, 2.05) is 32.9 Å². The van der Waals surface area contributed by atoms with Crippen LogP contribution in [0.2, 0.25) is 0 Å². The predicted molar refractivity (Wildman–Crippen MR) is 167 cm³/mol. The number of halogens is 3. The van der Waals surface area contributed by atoms with Crippen molar-refractivity contribution in [2.45, 2.75) is 84.2 Å². The summed E-state index contributed by atoms with van der Waals surface area (Å²) in [6.45, 7) is 9.80. The molecule has 1 fully saturated rings. The van der Waals surface area contributed by atoms with Gasteiger partial charge in [-0.3, -0.25) is 24.6 Å². The number of hydrogen-bond acceptors (Lipinski definition) is 8. The van der Waals surface area contributed by atoms with Crippen molar-refractivity contribution >= 4 is 29.2 Å². The molecule has 2 unspecified atom stereocenters. The highest BCUT2D eigenvalue weighted by atomic mass is 19.4. The number of nitrogens with zero attached hydrogens (tertiary/aromatic N) is 6. The van der Waals surface area contributed by atoms with E-state index < -0.39 is 53.2 Å². The number of hydrogen-bond donors (Lipinski definition) is 0. The van der Waals surface area contributed by atoms with Crippen LogP contribution >= 0.6 is 0 Å². The number of rotatable bonds is 9. The molecule has 2 aromatic carbocycles. The molecule has 0 bridgehead atoms. The average Bonchev–Trinajstić information content (AvgIpc) is 3.53. The van der Waals surface area contributed by atoms with Gasteiger partial charge in [-0.25, -0.2) is 9.78 Å². The number of anilines is 1. The van der Waals surface area contributed by atoms with Gasteiger partial charge in [0.15, 0.2) is 6.17 Å². The molecule has 0 spiro atoms. The van der Waals surface area contributed by atoms with Gasteiger partial charge in [0.25, 0.3) is 11.6 Å². The van der Waals surface area contributed by atoms with E-state index in [0.717, 1.165) is 21.4 Å². The molecule has 2 amide bonds. The number of ether oxygens (including phenoxy) is 1. The van der Waals surface area contributed by atoms with Crippen molar-refractivity contribution in [2.24, 2.45) is 5.92 Å². The first-order chi connectivity index (χ1) is 22.5. The number of imidazole rings is 1. The topological polar surface area (TPSA) is 131 Å². The number of esters is 1. The fourth-order valence-electron chi connectivity index (χ4n) is 6.25. The standard InChI is InChI=1S/C33H37F3N6O6/c1-20(2)26-29(44)40(18-21-7-9-22(10-8-21)32(3,4)5)30(48-31(45)33(34,35)36)27-39(15-6-14-38-16-13-37-19-38)25-12-11-23(42(46)47)17-24(25)28(43)41(26)27/h7-13,16-17,19-20,26-27,30H,6,14-15,18H2,1-5H3/t26-,27?,30?/m0/s1. The van der Waals surface area contributed by atoms with Crippen LogP contribution in [0.5, 0.6) is 0 Å². The molecule has 2 aliphatic heterocycles. The average molecular weight is 671 g/mol. The summed E-state index contributed by atoms with van der Waals surface area (Å²) < 4.78 is 48.3. The number of aryl methyl sites for hydroxylation is 1. The molecular formula is C33H37F3N6O6. The molecule has 0 aliphatic carbocycles. The lowest BCUT2D eigenvalue weighted by molar-refractivity contribution is -0.384. The van der Waals surface area contributed by atoms with Gasteiger partial charge in [-0.1, -0.05) is 58.9 Å². The maximum atomic E-state index is 14.3. The van der Waals surface area contributed by atoms with Crippen LogP contribution in [0.4, 0.5) is 24.5 Å². The van der Waals surface area contributed by atoms with Gasteiger partial charge < -0.3 is 19.1 Å². The maximum Gasteiger partial charge on any atom is 0.491 e. The maximum absolute atomic E-state index is 14.3. The van der Waals surface area contributed by atoms with Gasteiger partial charge in [0.1, 0.15) is 6.04 Å². The van der Waals surface area contributed by atoms with Gasteiger partial charge >= 0.3 is 12.1 Å².